The van der Waals surface area contributed by atoms with Crippen molar-refractivity contribution < 1.29 is 9.53 Å². The first-order chi connectivity index (χ1) is 11.2. The minimum Gasteiger partial charge on any atom is -0.492 e. The van der Waals surface area contributed by atoms with Gasteiger partial charge in [0.15, 0.2) is 0 Å². The van der Waals surface area contributed by atoms with Gasteiger partial charge in [0.05, 0.1) is 6.04 Å². The van der Waals surface area contributed by atoms with E-state index >= 15 is 0 Å². The number of nitrogens with one attached hydrogen (secondary N) is 1. The maximum atomic E-state index is 11.6. The highest BCUT2D eigenvalue weighted by Crippen LogP contribution is 2.30. The maximum Gasteiger partial charge on any atom is 0.224 e. The summed E-state index contributed by atoms with van der Waals surface area (Å²) in [5, 5.41) is 2.99. The lowest BCUT2D eigenvalue weighted by atomic mass is 9.93. The van der Waals surface area contributed by atoms with Crippen LogP contribution in [0.1, 0.15) is 36.1 Å². The molecule has 2 aromatic rings. The van der Waals surface area contributed by atoms with Crippen molar-refractivity contribution in [1.82, 2.24) is 0 Å². The molecule has 4 nitrogen and oxygen atoms in total. The Morgan fingerprint density at radius 2 is 2.00 bits per heavy atom. The SMILES string of the molecule is CCc1cc(C(N)COc2ccccc2)cc2c1NC(=O)CC2. The summed E-state index contributed by atoms with van der Waals surface area (Å²) in [6.07, 6.45) is 2.17. The lowest BCUT2D eigenvalue weighted by molar-refractivity contribution is -0.116. The highest BCUT2D eigenvalue weighted by Gasteiger charge is 2.20. The van der Waals surface area contributed by atoms with Crippen molar-refractivity contribution >= 4 is 11.6 Å². The van der Waals surface area contributed by atoms with E-state index in [-0.39, 0.29) is 11.9 Å². The monoisotopic (exact) mass is 310 g/mol. The van der Waals surface area contributed by atoms with E-state index in [0.29, 0.717) is 13.0 Å². The Bertz CT molecular complexity index is 681. The van der Waals surface area contributed by atoms with Crippen LogP contribution in [0.3, 0.4) is 0 Å². The van der Waals surface area contributed by atoms with Gasteiger partial charge in [-0.2, -0.15) is 0 Å². The third kappa shape index (κ3) is 3.54. The van der Waals surface area contributed by atoms with E-state index in [0.717, 1.165) is 35.4 Å². The first-order valence-electron chi connectivity index (χ1n) is 8.06. The van der Waals surface area contributed by atoms with E-state index < -0.39 is 0 Å². The standard InChI is InChI=1S/C19H22N2O2/c1-2-13-10-15(11-14-8-9-18(22)21-19(13)14)17(20)12-23-16-6-4-3-5-7-16/h3-7,10-11,17H,2,8-9,12,20H2,1H3,(H,21,22). The molecule has 120 valence electrons. The number of hydrogen-bond donors (Lipinski definition) is 2. The Kier molecular flexibility index (Phi) is 4.63. The molecular weight excluding hydrogens is 288 g/mol. The average molecular weight is 310 g/mol. The van der Waals surface area contributed by atoms with Gasteiger partial charge in [-0.25, -0.2) is 0 Å². The van der Waals surface area contributed by atoms with E-state index in [2.05, 4.69) is 24.4 Å². The summed E-state index contributed by atoms with van der Waals surface area (Å²) in [6, 6.07) is 13.7. The van der Waals surface area contributed by atoms with Crippen molar-refractivity contribution in [2.24, 2.45) is 5.73 Å². The minimum atomic E-state index is -0.191. The van der Waals surface area contributed by atoms with Crippen LogP contribution >= 0.6 is 0 Å². The normalized spacial score (nSPS) is 14.8. The fourth-order valence-corrected chi connectivity index (χ4v) is 2.89. The second-order valence-electron chi connectivity index (χ2n) is 5.85. The summed E-state index contributed by atoms with van der Waals surface area (Å²) in [5.41, 5.74) is 10.7. The van der Waals surface area contributed by atoms with E-state index in [1.807, 2.05) is 30.3 Å². The molecule has 0 bridgehead atoms. The molecule has 1 unspecified atom stereocenters. The summed E-state index contributed by atoms with van der Waals surface area (Å²) in [5.74, 6) is 0.917. The van der Waals surface area contributed by atoms with Gasteiger partial charge in [-0.3, -0.25) is 4.79 Å². The molecule has 1 amide bonds. The number of ether oxygens (including phenoxy) is 1. The summed E-state index contributed by atoms with van der Waals surface area (Å²) in [7, 11) is 0. The molecule has 1 atom stereocenters. The van der Waals surface area contributed by atoms with Crippen molar-refractivity contribution in [2.75, 3.05) is 11.9 Å². The molecule has 0 aromatic heterocycles. The van der Waals surface area contributed by atoms with Crippen LogP contribution in [0.15, 0.2) is 42.5 Å². The molecule has 2 aromatic carbocycles. The number of carbonyl (C=O) groups excluding carboxylic acids is 1. The fourth-order valence-electron chi connectivity index (χ4n) is 2.89. The maximum absolute atomic E-state index is 11.6. The Hall–Kier alpha value is -2.33. The molecule has 1 aliphatic rings. The van der Waals surface area contributed by atoms with Crippen molar-refractivity contribution in [3.05, 3.63) is 59.2 Å². The van der Waals surface area contributed by atoms with Gasteiger partial charge in [0.1, 0.15) is 12.4 Å². The number of aryl methyl sites for hydroxylation is 2. The first-order valence-corrected chi connectivity index (χ1v) is 8.06. The van der Waals surface area contributed by atoms with Gasteiger partial charge in [-0.05, 0) is 41.7 Å². The minimum absolute atomic E-state index is 0.0941. The van der Waals surface area contributed by atoms with Crippen molar-refractivity contribution in [1.29, 1.82) is 0 Å². The van der Waals surface area contributed by atoms with Crippen molar-refractivity contribution in [3.63, 3.8) is 0 Å². The van der Waals surface area contributed by atoms with E-state index in [1.165, 1.54) is 5.56 Å². The zero-order valence-corrected chi connectivity index (χ0v) is 13.3. The van der Waals surface area contributed by atoms with Crippen LogP contribution in [0.25, 0.3) is 0 Å². The molecule has 0 radical (unpaired) electrons. The van der Waals surface area contributed by atoms with Crippen LogP contribution in [0.5, 0.6) is 5.75 Å². The first kappa shape index (κ1) is 15.6. The average Bonchev–Trinajstić information content (AvgIpc) is 2.59. The Labute approximate surface area is 136 Å². The van der Waals surface area contributed by atoms with Crippen LogP contribution in [0.2, 0.25) is 0 Å². The third-order valence-corrected chi connectivity index (χ3v) is 4.19. The largest absolute Gasteiger partial charge is 0.492 e. The zero-order valence-electron chi connectivity index (χ0n) is 13.3. The number of rotatable bonds is 5. The molecule has 3 N–H and O–H groups in total. The van der Waals surface area contributed by atoms with Crippen LogP contribution in [-0.4, -0.2) is 12.5 Å². The predicted molar refractivity (Wildman–Crippen MR) is 91.6 cm³/mol. The lowest BCUT2D eigenvalue weighted by Gasteiger charge is -2.23. The predicted octanol–water partition coefficient (Wildman–Crippen LogP) is 3.21. The van der Waals surface area contributed by atoms with Gasteiger partial charge in [0.25, 0.3) is 0 Å². The number of benzene rings is 2. The highest BCUT2D eigenvalue weighted by molar-refractivity contribution is 5.95. The van der Waals surface area contributed by atoms with E-state index in [1.54, 1.807) is 0 Å². The van der Waals surface area contributed by atoms with Crippen molar-refractivity contribution in [3.8, 4) is 5.75 Å². The van der Waals surface area contributed by atoms with Crippen LogP contribution in [0, 0.1) is 0 Å². The molecule has 3 rings (SSSR count). The molecule has 23 heavy (non-hydrogen) atoms. The zero-order chi connectivity index (χ0) is 16.2. The summed E-state index contributed by atoms with van der Waals surface area (Å²) in [4.78, 5) is 11.6. The second kappa shape index (κ2) is 6.84. The third-order valence-electron chi connectivity index (χ3n) is 4.19. The number of carbonyl (C=O) groups is 1. The Morgan fingerprint density at radius 3 is 2.74 bits per heavy atom. The summed E-state index contributed by atoms with van der Waals surface area (Å²) in [6.45, 7) is 2.52. The van der Waals surface area contributed by atoms with Crippen LogP contribution < -0.4 is 15.8 Å². The topological polar surface area (TPSA) is 64.3 Å². The van der Waals surface area contributed by atoms with Gasteiger partial charge in [-0.1, -0.05) is 37.3 Å². The molecular formula is C19H22N2O2. The highest BCUT2D eigenvalue weighted by atomic mass is 16.5. The number of hydrogen-bond acceptors (Lipinski definition) is 3. The molecule has 0 aliphatic carbocycles. The van der Waals surface area contributed by atoms with Crippen LogP contribution in [-0.2, 0) is 17.6 Å². The Morgan fingerprint density at radius 1 is 1.22 bits per heavy atom. The molecule has 0 fully saturated rings. The number of amides is 1. The molecule has 1 heterocycles. The molecule has 1 aliphatic heterocycles. The fraction of sp³-hybridized carbons (Fsp3) is 0.316. The second-order valence-corrected chi connectivity index (χ2v) is 5.85. The number of para-hydroxylation sites is 1. The van der Waals surface area contributed by atoms with E-state index in [4.69, 9.17) is 10.5 Å². The quantitative estimate of drug-likeness (QED) is 0.891. The number of anilines is 1. The summed E-state index contributed by atoms with van der Waals surface area (Å²) < 4.78 is 5.76. The van der Waals surface area contributed by atoms with E-state index in [9.17, 15) is 4.79 Å². The molecule has 0 saturated heterocycles. The lowest BCUT2D eigenvalue weighted by Crippen LogP contribution is -2.23. The molecule has 0 saturated carbocycles. The van der Waals surface area contributed by atoms with Gasteiger partial charge in [0, 0.05) is 12.1 Å². The number of fused-ring (bicyclic) bond motifs is 1. The van der Waals surface area contributed by atoms with Gasteiger partial charge < -0.3 is 15.8 Å². The summed E-state index contributed by atoms with van der Waals surface area (Å²) >= 11 is 0. The Balaban J connectivity index is 1.78. The van der Waals surface area contributed by atoms with Gasteiger partial charge in [0.2, 0.25) is 5.91 Å². The van der Waals surface area contributed by atoms with Gasteiger partial charge >= 0.3 is 0 Å². The van der Waals surface area contributed by atoms with Crippen molar-refractivity contribution in [2.45, 2.75) is 32.2 Å². The smallest absolute Gasteiger partial charge is 0.224 e. The van der Waals surface area contributed by atoms with Gasteiger partial charge in [-0.15, -0.1) is 0 Å². The number of nitrogens with two attached hydrogens (primary N) is 1. The van der Waals surface area contributed by atoms with Crippen LogP contribution in [0.4, 0.5) is 5.69 Å². The molecule has 4 heteroatoms. The molecule has 0 spiro atoms.